The van der Waals surface area contributed by atoms with Crippen molar-refractivity contribution in [3.8, 4) is 11.8 Å². The van der Waals surface area contributed by atoms with E-state index in [0.717, 1.165) is 12.8 Å². The molecule has 2 heterocycles. The molecule has 1 aromatic carbocycles. The van der Waals surface area contributed by atoms with Crippen LogP contribution in [0.2, 0.25) is 5.02 Å². The Morgan fingerprint density at radius 2 is 1.77 bits per heavy atom. The first-order valence-electron chi connectivity index (χ1n) is 13.3. The van der Waals surface area contributed by atoms with E-state index in [2.05, 4.69) is 44.2 Å². The van der Waals surface area contributed by atoms with Gasteiger partial charge in [0.1, 0.15) is 29.2 Å². The van der Waals surface area contributed by atoms with Crippen molar-refractivity contribution in [3.63, 3.8) is 0 Å². The highest BCUT2D eigenvalue weighted by Gasteiger charge is 2.64. The van der Waals surface area contributed by atoms with E-state index in [-0.39, 0.29) is 41.0 Å². The zero-order valence-corrected chi connectivity index (χ0v) is 24.5. The van der Waals surface area contributed by atoms with Gasteiger partial charge in [-0.05, 0) is 51.8 Å². The van der Waals surface area contributed by atoms with Gasteiger partial charge in [0.25, 0.3) is 5.91 Å². The van der Waals surface area contributed by atoms with Gasteiger partial charge in [-0.25, -0.2) is 4.79 Å². The third-order valence-electron chi connectivity index (χ3n) is 7.76. The fourth-order valence-electron chi connectivity index (χ4n) is 6.10. The van der Waals surface area contributed by atoms with Gasteiger partial charge >= 0.3 is 6.09 Å². The molecule has 1 aliphatic carbocycles. The van der Waals surface area contributed by atoms with Crippen LogP contribution >= 0.6 is 11.6 Å². The van der Waals surface area contributed by atoms with Crippen LogP contribution in [0, 0.1) is 22.2 Å². The average molecular weight is 556 g/mol. The highest BCUT2D eigenvalue weighted by atomic mass is 35.5. The second kappa shape index (κ2) is 10.4. The van der Waals surface area contributed by atoms with Crippen molar-refractivity contribution in [2.45, 2.75) is 85.1 Å². The van der Waals surface area contributed by atoms with Crippen molar-refractivity contribution < 1.29 is 19.1 Å². The summed E-state index contributed by atoms with van der Waals surface area (Å²) in [6.45, 7) is 15.0. The number of rotatable bonds is 5. The molecule has 2 aromatic rings. The van der Waals surface area contributed by atoms with Crippen molar-refractivity contribution in [2.24, 2.45) is 10.8 Å². The molecular weight excluding hydrogens is 518 g/mol. The zero-order chi connectivity index (χ0) is 28.8. The Morgan fingerprint density at radius 1 is 1.13 bits per heavy atom. The first kappa shape index (κ1) is 28.8. The molecule has 4 rings (SSSR count). The molecule has 2 amide bonds. The number of amides is 2. The van der Waals surface area contributed by atoms with E-state index in [9.17, 15) is 9.59 Å². The standard InChI is InChI=1S/C29H38ClN5O4/c1-27(2,3)39-26(37)34-13-10-19(11-14-34)35-15-12-22(33-35)23(36)32-24-28(4,5)25(29(24,6)7)38-20-9-8-18(17-31)21(30)16-20/h8-9,12,15-16,19,24-25H,10-11,13-14H2,1-7H3,(H,32,36)/t24-,25-. The first-order chi connectivity index (χ1) is 18.1. The number of benzene rings is 1. The Morgan fingerprint density at radius 3 is 2.33 bits per heavy atom. The summed E-state index contributed by atoms with van der Waals surface area (Å²) in [6, 6.07) is 8.79. The van der Waals surface area contributed by atoms with Crippen LogP contribution in [0.1, 0.15) is 83.4 Å². The topological polar surface area (TPSA) is 109 Å². The summed E-state index contributed by atoms with van der Waals surface area (Å²) in [7, 11) is 0. The molecular formula is C29H38ClN5O4. The van der Waals surface area contributed by atoms with Crippen LogP contribution in [-0.4, -0.2) is 57.5 Å². The molecule has 1 aliphatic heterocycles. The van der Waals surface area contributed by atoms with Gasteiger partial charge in [0.15, 0.2) is 0 Å². The van der Waals surface area contributed by atoms with Crippen LogP contribution in [0.5, 0.6) is 5.75 Å². The van der Waals surface area contributed by atoms with Gasteiger partial charge in [0.2, 0.25) is 0 Å². The molecule has 1 N–H and O–H groups in total. The lowest BCUT2D eigenvalue weighted by atomic mass is 9.49. The van der Waals surface area contributed by atoms with E-state index >= 15 is 0 Å². The maximum absolute atomic E-state index is 13.2. The molecule has 0 radical (unpaired) electrons. The monoisotopic (exact) mass is 555 g/mol. The summed E-state index contributed by atoms with van der Waals surface area (Å²) in [5.41, 5.74) is -0.493. The Kier molecular flexibility index (Phi) is 7.65. The summed E-state index contributed by atoms with van der Waals surface area (Å²) in [4.78, 5) is 27.3. The van der Waals surface area contributed by atoms with E-state index in [4.69, 9.17) is 26.3 Å². The summed E-state index contributed by atoms with van der Waals surface area (Å²) >= 11 is 6.19. The van der Waals surface area contributed by atoms with E-state index < -0.39 is 5.60 Å². The third-order valence-corrected chi connectivity index (χ3v) is 8.07. The summed E-state index contributed by atoms with van der Waals surface area (Å²) in [6.07, 6.45) is 2.83. The SMILES string of the molecule is CC(C)(C)OC(=O)N1CCC(n2ccc(C(=O)N[C@H]3C(C)(C)[C@H](Oc4ccc(C#N)c(Cl)c4)C3(C)C)n2)CC1. The number of nitriles is 1. The number of nitrogens with zero attached hydrogens (tertiary/aromatic N) is 4. The number of ether oxygens (including phenoxy) is 2. The van der Waals surface area contributed by atoms with Crippen LogP contribution < -0.4 is 10.1 Å². The molecule has 39 heavy (non-hydrogen) atoms. The predicted molar refractivity (Wildman–Crippen MR) is 148 cm³/mol. The lowest BCUT2D eigenvalue weighted by molar-refractivity contribution is -0.164. The zero-order valence-electron chi connectivity index (χ0n) is 23.7. The van der Waals surface area contributed by atoms with Gasteiger partial charge in [-0.3, -0.25) is 9.48 Å². The number of nitrogens with one attached hydrogen (secondary N) is 1. The number of hydrogen-bond acceptors (Lipinski definition) is 6. The molecule has 2 aliphatic rings. The minimum atomic E-state index is -0.523. The van der Waals surface area contributed by atoms with Crippen molar-refractivity contribution in [3.05, 3.63) is 46.7 Å². The number of piperidine rings is 1. The minimum Gasteiger partial charge on any atom is -0.489 e. The van der Waals surface area contributed by atoms with Crippen LogP contribution in [0.4, 0.5) is 4.79 Å². The lowest BCUT2D eigenvalue weighted by Crippen LogP contribution is -2.74. The Balaban J connectivity index is 1.36. The highest BCUT2D eigenvalue weighted by Crippen LogP contribution is 2.55. The van der Waals surface area contributed by atoms with Gasteiger partial charge in [0, 0.05) is 42.2 Å². The second-order valence-corrected chi connectivity index (χ2v) is 13.1. The number of aromatic nitrogens is 2. The molecule has 0 atom stereocenters. The van der Waals surface area contributed by atoms with E-state index in [1.807, 2.05) is 31.6 Å². The van der Waals surface area contributed by atoms with Gasteiger partial charge in [-0.1, -0.05) is 39.3 Å². The van der Waals surface area contributed by atoms with Crippen molar-refractivity contribution in [2.75, 3.05) is 13.1 Å². The van der Waals surface area contributed by atoms with E-state index in [1.165, 1.54) is 0 Å². The molecule has 210 valence electrons. The Labute approximate surface area is 235 Å². The minimum absolute atomic E-state index is 0.110. The number of likely N-dealkylation sites (tertiary alicyclic amines) is 1. The maximum atomic E-state index is 13.2. The maximum Gasteiger partial charge on any atom is 0.410 e. The molecule has 1 aromatic heterocycles. The molecule has 0 bridgehead atoms. The Hall–Kier alpha value is -3.25. The van der Waals surface area contributed by atoms with Gasteiger partial charge in [0.05, 0.1) is 16.6 Å². The second-order valence-electron chi connectivity index (χ2n) is 12.7. The van der Waals surface area contributed by atoms with Crippen molar-refractivity contribution in [1.29, 1.82) is 5.26 Å². The number of carbonyl (C=O) groups is 2. The summed E-state index contributed by atoms with van der Waals surface area (Å²) in [5.74, 6) is 0.359. The van der Waals surface area contributed by atoms with Crippen LogP contribution in [0.25, 0.3) is 0 Å². The first-order valence-corrected chi connectivity index (χ1v) is 13.7. The summed E-state index contributed by atoms with van der Waals surface area (Å²) < 4.78 is 13.6. The quantitative estimate of drug-likeness (QED) is 0.515. The lowest BCUT2D eigenvalue weighted by Gasteiger charge is -2.63. The largest absolute Gasteiger partial charge is 0.489 e. The van der Waals surface area contributed by atoms with Crippen LogP contribution in [0.15, 0.2) is 30.5 Å². The molecule has 1 saturated carbocycles. The van der Waals surface area contributed by atoms with Gasteiger partial charge < -0.3 is 19.7 Å². The van der Waals surface area contributed by atoms with Crippen LogP contribution in [0.3, 0.4) is 0 Å². The summed E-state index contributed by atoms with van der Waals surface area (Å²) in [5, 5.41) is 17.2. The predicted octanol–water partition coefficient (Wildman–Crippen LogP) is 5.59. The average Bonchev–Trinajstić information content (AvgIpc) is 3.35. The highest BCUT2D eigenvalue weighted by molar-refractivity contribution is 6.31. The Bertz CT molecular complexity index is 1270. The number of halogens is 1. The van der Waals surface area contributed by atoms with E-state index in [0.29, 0.717) is 35.1 Å². The fourth-order valence-corrected chi connectivity index (χ4v) is 6.32. The molecule has 1 saturated heterocycles. The van der Waals surface area contributed by atoms with E-state index in [1.54, 1.807) is 29.2 Å². The molecule has 0 spiro atoms. The normalized spacial score (nSPS) is 22.4. The van der Waals surface area contributed by atoms with Crippen LogP contribution in [-0.2, 0) is 4.74 Å². The number of hydrogen-bond donors (Lipinski definition) is 1. The van der Waals surface area contributed by atoms with Crippen molar-refractivity contribution >= 4 is 23.6 Å². The molecule has 0 unspecified atom stereocenters. The van der Waals surface area contributed by atoms with Gasteiger partial charge in [-0.15, -0.1) is 0 Å². The molecule has 10 heteroatoms. The molecule has 9 nitrogen and oxygen atoms in total. The van der Waals surface area contributed by atoms with Gasteiger partial charge in [-0.2, -0.15) is 10.4 Å². The third kappa shape index (κ3) is 5.86. The number of carbonyl (C=O) groups excluding carboxylic acids is 2. The molecule has 2 fully saturated rings. The van der Waals surface area contributed by atoms with Crippen molar-refractivity contribution in [1.82, 2.24) is 20.0 Å². The smallest absolute Gasteiger partial charge is 0.410 e. The fraction of sp³-hybridized carbons (Fsp3) is 0.586.